The Morgan fingerprint density at radius 3 is 2.78 bits per heavy atom. The lowest BCUT2D eigenvalue weighted by Gasteiger charge is -2.35. The molecule has 2 aromatic rings. The predicted molar refractivity (Wildman–Crippen MR) is 93.3 cm³/mol. The number of pyridine rings is 1. The highest BCUT2D eigenvalue weighted by molar-refractivity contribution is 5.92. The number of carbonyl (C=O) groups excluding carboxylic acids is 1. The maximum atomic E-state index is 12.8. The van der Waals surface area contributed by atoms with E-state index in [2.05, 4.69) is 15.3 Å². The summed E-state index contributed by atoms with van der Waals surface area (Å²) in [7, 11) is 1.95. The maximum Gasteiger partial charge on any atom is 0.273 e. The molecule has 0 aliphatic carbocycles. The molecular weight excluding hydrogens is 337 g/mol. The highest BCUT2D eigenvalue weighted by Crippen LogP contribution is 2.22. The van der Waals surface area contributed by atoms with Gasteiger partial charge in [0.1, 0.15) is 17.6 Å². The molecule has 23 heavy (non-hydrogen) atoms. The van der Waals surface area contributed by atoms with Crippen LogP contribution >= 0.6 is 24.8 Å². The predicted octanol–water partition coefficient (Wildman–Crippen LogP) is 1.75. The molecule has 126 valence electrons. The minimum atomic E-state index is -0.0615. The largest absolute Gasteiger partial charge is 0.336 e. The second-order valence-corrected chi connectivity index (χ2v) is 5.28. The number of aromatic nitrogens is 3. The van der Waals surface area contributed by atoms with Crippen LogP contribution in [0.1, 0.15) is 28.0 Å². The molecule has 1 unspecified atom stereocenters. The van der Waals surface area contributed by atoms with Crippen molar-refractivity contribution in [3.8, 4) is 0 Å². The third kappa shape index (κ3) is 4.02. The van der Waals surface area contributed by atoms with Gasteiger partial charge in [0.15, 0.2) is 0 Å². The van der Waals surface area contributed by atoms with Crippen LogP contribution < -0.4 is 5.32 Å². The smallest absolute Gasteiger partial charge is 0.273 e. The lowest BCUT2D eigenvalue weighted by Crippen LogP contribution is -2.49. The Labute approximate surface area is 148 Å². The van der Waals surface area contributed by atoms with Crippen LogP contribution in [0.5, 0.6) is 0 Å². The number of imidazole rings is 1. The molecule has 6 nitrogen and oxygen atoms in total. The van der Waals surface area contributed by atoms with Gasteiger partial charge in [0.05, 0.1) is 0 Å². The summed E-state index contributed by atoms with van der Waals surface area (Å²) in [5.74, 6) is 0.858. The molecule has 0 spiro atoms. The van der Waals surface area contributed by atoms with Gasteiger partial charge in [-0.05, 0) is 19.1 Å². The number of hydrogen-bond donors (Lipinski definition) is 1. The second-order valence-electron chi connectivity index (χ2n) is 5.28. The Hall–Kier alpha value is -1.63. The first-order chi connectivity index (χ1) is 10.2. The van der Waals surface area contributed by atoms with Crippen LogP contribution in [0.3, 0.4) is 0 Å². The molecule has 1 amide bonds. The molecule has 0 saturated carbocycles. The first-order valence-corrected chi connectivity index (χ1v) is 7.09. The van der Waals surface area contributed by atoms with Crippen molar-refractivity contribution < 1.29 is 4.79 Å². The Balaban J connectivity index is 0.00000132. The topological polar surface area (TPSA) is 63.1 Å². The van der Waals surface area contributed by atoms with Crippen LogP contribution in [0.25, 0.3) is 0 Å². The Kier molecular flexibility index (Phi) is 7.00. The normalized spacial score (nSPS) is 17.1. The number of amides is 1. The van der Waals surface area contributed by atoms with E-state index < -0.39 is 0 Å². The maximum absolute atomic E-state index is 12.8. The van der Waals surface area contributed by atoms with E-state index in [-0.39, 0.29) is 36.8 Å². The monoisotopic (exact) mass is 357 g/mol. The average molecular weight is 358 g/mol. The Morgan fingerprint density at radius 1 is 1.35 bits per heavy atom. The zero-order valence-corrected chi connectivity index (χ0v) is 14.7. The summed E-state index contributed by atoms with van der Waals surface area (Å²) in [6, 6.07) is 5.47. The number of carbonyl (C=O) groups is 1. The molecule has 0 aromatic carbocycles. The molecule has 8 heteroatoms. The van der Waals surface area contributed by atoms with Crippen LogP contribution in [-0.2, 0) is 7.05 Å². The summed E-state index contributed by atoms with van der Waals surface area (Å²) in [5, 5.41) is 3.33. The van der Waals surface area contributed by atoms with E-state index in [1.807, 2.05) is 41.8 Å². The van der Waals surface area contributed by atoms with Gasteiger partial charge in [-0.1, -0.05) is 6.07 Å². The number of piperazine rings is 1. The zero-order chi connectivity index (χ0) is 14.8. The van der Waals surface area contributed by atoms with Crippen molar-refractivity contribution in [2.24, 2.45) is 7.05 Å². The third-order valence-electron chi connectivity index (χ3n) is 3.77. The fraction of sp³-hybridized carbons (Fsp3) is 0.400. The van der Waals surface area contributed by atoms with Gasteiger partial charge in [0.25, 0.3) is 5.91 Å². The van der Waals surface area contributed by atoms with Crippen LogP contribution in [0, 0.1) is 6.92 Å². The molecule has 3 heterocycles. The van der Waals surface area contributed by atoms with Gasteiger partial charge in [-0.25, -0.2) is 9.97 Å². The van der Waals surface area contributed by atoms with Gasteiger partial charge >= 0.3 is 0 Å². The molecule has 2 aromatic heterocycles. The second kappa shape index (κ2) is 8.29. The van der Waals surface area contributed by atoms with Gasteiger partial charge in [-0.2, -0.15) is 0 Å². The van der Waals surface area contributed by atoms with E-state index in [0.29, 0.717) is 18.8 Å². The first-order valence-electron chi connectivity index (χ1n) is 7.09. The van der Waals surface area contributed by atoms with Crippen molar-refractivity contribution in [2.75, 3.05) is 19.6 Å². The van der Waals surface area contributed by atoms with Crippen LogP contribution in [0.2, 0.25) is 0 Å². The number of halogens is 2. The summed E-state index contributed by atoms with van der Waals surface area (Å²) in [4.78, 5) is 23.4. The molecule has 0 radical (unpaired) electrons. The van der Waals surface area contributed by atoms with E-state index in [1.54, 1.807) is 12.3 Å². The van der Waals surface area contributed by atoms with Crippen molar-refractivity contribution in [2.45, 2.75) is 13.0 Å². The molecule has 1 atom stereocenters. The molecule has 1 aliphatic rings. The van der Waals surface area contributed by atoms with Gasteiger partial charge < -0.3 is 14.8 Å². The summed E-state index contributed by atoms with van der Waals surface area (Å²) in [6.07, 6.45) is 3.66. The van der Waals surface area contributed by atoms with Gasteiger partial charge in [-0.15, -0.1) is 24.8 Å². The summed E-state index contributed by atoms with van der Waals surface area (Å²) in [6.45, 7) is 4.05. The van der Waals surface area contributed by atoms with E-state index in [0.717, 1.165) is 18.1 Å². The van der Waals surface area contributed by atoms with Crippen molar-refractivity contribution in [1.29, 1.82) is 0 Å². The third-order valence-corrected chi connectivity index (χ3v) is 3.77. The summed E-state index contributed by atoms with van der Waals surface area (Å²) < 4.78 is 1.96. The number of aryl methyl sites for hydroxylation is 2. The summed E-state index contributed by atoms with van der Waals surface area (Å²) in [5.41, 5.74) is 1.35. The van der Waals surface area contributed by atoms with Gasteiger partial charge in [0, 0.05) is 44.8 Å². The quantitative estimate of drug-likeness (QED) is 0.889. The van der Waals surface area contributed by atoms with Crippen molar-refractivity contribution >= 4 is 30.7 Å². The minimum Gasteiger partial charge on any atom is -0.336 e. The molecular formula is C15H21Cl2N5O. The molecule has 1 fully saturated rings. The van der Waals surface area contributed by atoms with Crippen molar-refractivity contribution in [3.05, 3.63) is 47.8 Å². The SMILES string of the molecule is Cc1cccc(C(=O)N2CCNCC2c2nccn2C)n1.Cl.Cl. The van der Waals surface area contributed by atoms with Crippen LogP contribution in [0.15, 0.2) is 30.6 Å². The van der Waals surface area contributed by atoms with Gasteiger partial charge in [0.2, 0.25) is 0 Å². The molecule has 0 bridgehead atoms. The Bertz CT molecular complexity index is 661. The van der Waals surface area contributed by atoms with Crippen LogP contribution in [-0.4, -0.2) is 45.0 Å². The molecule has 3 rings (SSSR count). The average Bonchev–Trinajstić information content (AvgIpc) is 2.92. The lowest BCUT2D eigenvalue weighted by atomic mass is 10.1. The summed E-state index contributed by atoms with van der Waals surface area (Å²) >= 11 is 0. The first kappa shape index (κ1) is 19.4. The lowest BCUT2D eigenvalue weighted by molar-refractivity contribution is 0.0614. The highest BCUT2D eigenvalue weighted by Gasteiger charge is 2.31. The zero-order valence-electron chi connectivity index (χ0n) is 13.1. The fourth-order valence-electron chi connectivity index (χ4n) is 2.69. The van der Waals surface area contributed by atoms with E-state index >= 15 is 0 Å². The highest BCUT2D eigenvalue weighted by atomic mass is 35.5. The number of nitrogens with zero attached hydrogens (tertiary/aromatic N) is 4. The van der Waals surface area contributed by atoms with Gasteiger partial charge in [-0.3, -0.25) is 4.79 Å². The molecule has 1 aliphatic heterocycles. The molecule has 1 N–H and O–H groups in total. The van der Waals surface area contributed by atoms with E-state index in [4.69, 9.17) is 0 Å². The van der Waals surface area contributed by atoms with E-state index in [1.165, 1.54) is 0 Å². The van der Waals surface area contributed by atoms with Crippen molar-refractivity contribution in [3.63, 3.8) is 0 Å². The number of hydrogen-bond acceptors (Lipinski definition) is 4. The fourth-order valence-corrected chi connectivity index (χ4v) is 2.69. The molecule has 1 saturated heterocycles. The number of rotatable bonds is 2. The Morgan fingerprint density at radius 2 is 2.13 bits per heavy atom. The van der Waals surface area contributed by atoms with Crippen molar-refractivity contribution in [1.82, 2.24) is 24.8 Å². The number of nitrogens with one attached hydrogen (secondary N) is 1. The van der Waals surface area contributed by atoms with Crippen LogP contribution in [0.4, 0.5) is 0 Å². The standard InChI is InChI=1S/C15H19N5O.2ClH/c1-11-4-3-5-12(18-11)15(21)20-9-6-16-10-13(20)14-17-7-8-19(14)2;;/h3-5,7-8,13,16H,6,9-10H2,1-2H3;2*1H. The minimum absolute atomic E-state index is 0. The van der Waals surface area contributed by atoms with E-state index in [9.17, 15) is 4.79 Å².